The number of halogens is 3. The first-order chi connectivity index (χ1) is 14.8. The van der Waals surface area contributed by atoms with Crippen LogP contribution in [0.2, 0.25) is 0 Å². The zero-order valence-electron chi connectivity index (χ0n) is 16.5. The molecule has 2 heterocycles. The van der Waals surface area contributed by atoms with Gasteiger partial charge in [-0.05, 0) is 30.7 Å². The van der Waals surface area contributed by atoms with Crippen molar-refractivity contribution in [2.75, 3.05) is 5.32 Å². The molecule has 2 aromatic carbocycles. The highest BCUT2D eigenvalue weighted by molar-refractivity contribution is 5.92. The quantitative estimate of drug-likeness (QED) is 0.525. The maximum absolute atomic E-state index is 13.2. The molecule has 0 aliphatic heterocycles. The molecule has 0 fully saturated rings. The number of anilines is 1. The average molecular weight is 429 g/mol. The number of carbonyl (C=O) groups is 1. The highest BCUT2D eigenvalue weighted by atomic mass is 19.4. The van der Waals surface area contributed by atoms with Crippen molar-refractivity contribution in [3.8, 4) is 0 Å². The van der Waals surface area contributed by atoms with Crippen LogP contribution in [0.15, 0.2) is 53.3 Å². The monoisotopic (exact) mass is 429 g/mol. The molecule has 1 N–H and O–H groups in total. The molecule has 10 heteroatoms. The SMILES string of the molecule is CCCc1nnc2c(=O)n(CC(=O)Nc3ccccc3C(F)(F)F)c3ccccc3n12. The molecular weight excluding hydrogens is 411 g/mol. The fraction of sp³-hybridized carbons (Fsp3) is 0.238. The first kappa shape index (κ1) is 20.6. The standard InChI is InChI=1S/C21H18F3N5O2/c1-2-7-17-26-27-19-20(31)28(15-10-5-6-11-16(15)29(17)19)12-18(30)25-14-9-4-3-8-13(14)21(22,23)24/h3-6,8-11H,2,7,12H2,1H3,(H,25,30). The van der Waals surface area contributed by atoms with Crippen LogP contribution in [0.5, 0.6) is 0 Å². The first-order valence-corrected chi connectivity index (χ1v) is 9.63. The maximum atomic E-state index is 13.2. The van der Waals surface area contributed by atoms with Crippen LogP contribution < -0.4 is 10.9 Å². The molecular formula is C21H18F3N5O2. The Balaban J connectivity index is 1.77. The van der Waals surface area contributed by atoms with Crippen LogP contribution in [0.25, 0.3) is 16.7 Å². The summed E-state index contributed by atoms with van der Waals surface area (Å²) in [4.78, 5) is 25.7. The normalized spacial score (nSPS) is 11.9. The Kier molecular flexibility index (Phi) is 5.22. The lowest BCUT2D eigenvalue weighted by atomic mass is 10.1. The molecule has 0 unspecified atom stereocenters. The lowest BCUT2D eigenvalue weighted by molar-refractivity contribution is -0.137. The van der Waals surface area contributed by atoms with Gasteiger partial charge in [0, 0.05) is 6.42 Å². The summed E-state index contributed by atoms with van der Waals surface area (Å²) in [5.74, 6) is -0.136. The number of fused-ring (bicyclic) bond motifs is 3. The summed E-state index contributed by atoms with van der Waals surface area (Å²) in [6.07, 6.45) is -3.20. The zero-order chi connectivity index (χ0) is 22.2. The number of hydrogen-bond donors (Lipinski definition) is 1. The van der Waals surface area contributed by atoms with Gasteiger partial charge in [0.2, 0.25) is 11.6 Å². The predicted octanol–water partition coefficient (Wildman–Crippen LogP) is 3.65. The number of hydrogen-bond acceptors (Lipinski definition) is 4. The van der Waals surface area contributed by atoms with E-state index in [-0.39, 0.29) is 11.3 Å². The minimum absolute atomic E-state index is 0.0608. The van der Waals surface area contributed by atoms with Gasteiger partial charge < -0.3 is 5.32 Å². The Morgan fingerprint density at radius 1 is 1.03 bits per heavy atom. The van der Waals surface area contributed by atoms with Crippen molar-refractivity contribution in [2.45, 2.75) is 32.5 Å². The maximum Gasteiger partial charge on any atom is 0.418 e. The second kappa shape index (κ2) is 7.86. The smallest absolute Gasteiger partial charge is 0.324 e. The van der Waals surface area contributed by atoms with Gasteiger partial charge >= 0.3 is 6.18 Å². The Bertz CT molecular complexity index is 1340. The van der Waals surface area contributed by atoms with E-state index in [1.807, 2.05) is 6.92 Å². The third-order valence-corrected chi connectivity index (χ3v) is 4.86. The molecule has 160 valence electrons. The van der Waals surface area contributed by atoms with Crippen LogP contribution in [0.1, 0.15) is 24.7 Å². The summed E-state index contributed by atoms with van der Waals surface area (Å²) in [6.45, 7) is 1.51. The number of para-hydroxylation sites is 3. The van der Waals surface area contributed by atoms with Gasteiger partial charge in [0.25, 0.3) is 5.56 Å². The highest BCUT2D eigenvalue weighted by Gasteiger charge is 2.33. The number of nitrogens with one attached hydrogen (secondary N) is 1. The molecule has 0 bridgehead atoms. The van der Waals surface area contributed by atoms with Gasteiger partial charge in [0.1, 0.15) is 12.4 Å². The van der Waals surface area contributed by atoms with Crippen LogP contribution in [0, 0.1) is 0 Å². The molecule has 0 saturated heterocycles. The lowest BCUT2D eigenvalue weighted by Gasteiger charge is -2.15. The van der Waals surface area contributed by atoms with Crippen LogP contribution in [0.4, 0.5) is 18.9 Å². The van der Waals surface area contributed by atoms with E-state index in [0.717, 1.165) is 12.5 Å². The predicted molar refractivity (Wildman–Crippen MR) is 109 cm³/mol. The second-order valence-electron chi connectivity index (χ2n) is 7.00. The molecule has 7 nitrogen and oxygen atoms in total. The van der Waals surface area contributed by atoms with Gasteiger partial charge in [-0.3, -0.25) is 18.6 Å². The molecule has 0 spiro atoms. The Hall–Kier alpha value is -3.69. The summed E-state index contributed by atoms with van der Waals surface area (Å²) in [7, 11) is 0. The number of benzene rings is 2. The molecule has 0 atom stereocenters. The average Bonchev–Trinajstić information content (AvgIpc) is 3.15. The largest absolute Gasteiger partial charge is 0.418 e. The Morgan fingerprint density at radius 2 is 1.71 bits per heavy atom. The molecule has 0 aliphatic carbocycles. The third-order valence-electron chi connectivity index (χ3n) is 4.86. The highest BCUT2D eigenvalue weighted by Crippen LogP contribution is 2.34. The van der Waals surface area contributed by atoms with Gasteiger partial charge in [-0.1, -0.05) is 31.2 Å². The summed E-state index contributed by atoms with van der Waals surface area (Å²) < 4.78 is 42.5. The number of amides is 1. The van der Waals surface area contributed by atoms with Gasteiger partial charge in [-0.25, -0.2) is 0 Å². The van der Waals surface area contributed by atoms with Crippen molar-refractivity contribution in [3.05, 3.63) is 70.3 Å². The fourth-order valence-electron chi connectivity index (χ4n) is 3.53. The minimum atomic E-state index is -4.62. The summed E-state index contributed by atoms with van der Waals surface area (Å²) in [5.41, 5.74) is -0.729. The summed E-state index contributed by atoms with van der Waals surface area (Å²) in [5, 5.41) is 10.4. The zero-order valence-corrected chi connectivity index (χ0v) is 16.5. The topological polar surface area (TPSA) is 81.3 Å². The van der Waals surface area contributed by atoms with Crippen molar-refractivity contribution in [3.63, 3.8) is 0 Å². The van der Waals surface area contributed by atoms with E-state index < -0.39 is 29.8 Å². The van der Waals surface area contributed by atoms with E-state index >= 15 is 0 Å². The molecule has 0 saturated carbocycles. The number of carbonyl (C=O) groups excluding carboxylic acids is 1. The molecule has 1 amide bonds. The molecule has 4 aromatic rings. The van der Waals surface area contributed by atoms with E-state index in [4.69, 9.17) is 0 Å². The van der Waals surface area contributed by atoms with Crippen molar-refractivity contribution in [1.82, 2.24) is 19.2 Å². The van der Waals surface area contributed by atoms with Crippen molar-refractivity contribution < 1.29 is 18.0 Å². The summed E-state index contributed by atoms with van der Waals surface area (Å²) in [6, 6.07) is 11.6. The van der Waals surface area contributed by atoms with E-state index in [9.17, 15) is 22.8 Å². The second-order valence-corrected chi connectivity index (χ2v) is 7.00. The number of aromatic nitrogens is 4. The van der Waals surface area contributed by atoms with Crippen molar-refractivity contribution in [2.24, 2.45) is 0 Å². The number of nitrogens with zero attached hydrogens (tertiary/aromatic N) is 4. The van der Waals surface area contributed by atoms with Crippen molar-refractivity contribution >= 4 is 28.3 Å². The van der Waals surface area contributed by atoms with Gasteiger partial charge in [-0.2, -0.15) is 13.2 Å². The number of aryl methyl sites for hydroxylation is 1. The van der Waals surface area contributed by atoms with Crippen LogP contribution >= 0.6 is 0 Å². The van der Waals surface area contributed by atoms with E-state index in [1.165, 1.54) is 22.8 Å². The van der Waals surface area contributed by atoms with E-state index in [1.54, 1.807) is 28.7 Å². The first-order valence-electron chi connectivity index (χ1n) is 9.63. The van der Waals surface area contributed by atoms with Crippen LogP contribution in [-0.4, -0.2) is 25.1 Å². The Labute approximate surface area is 174 Å². The van der Waals surface area contributed by atoms with E-state index in [2.05, 4.69) is 15.5 Å². The fourth-order valence-corrected chi connectivity index (χ4v) is 3.53. The lowest BCUT2D eigenvalue weighted by Crippen LogP contribution is -2.30. The van der Waals surface area contributed by atoms with E-state index in [0.29, 0.717) is 23.3 Å². The Morgan fingerprint density at radius 3 is 2.42 bits per heavy atom. The van der Waals surface area contributed by atoms with Crippen LogP contribution in [0.3, 0.4) is 0 Å². The number of alkyl halides is 3. The molecule has 0 aliphatic rings. The molecule has 0 radical (unpaired) electrons. The van der Waals surface area contributed by atoms with Crippen molar-refractivity contribution in [1.29, 1.82) is 0 Å². The minimum Gasteiger partial charge on any atom is -0.324 e. The molecule has 2 aromatic heterocycles. The van der Waals surface area contributed by atoms with Gasteiger partial charge in [0.15, 0.2) is 0 Å². The third kappa shape index (κ3) is 3.76. The van der Waals surface area contributed by atoms with Crippen LogP contribution in [-0.2, 0) is 23.9 Å². The summed E-state index contributed by atoms with van der Waals surface area (Å²) >= 11 is 0. The molecule has 31 heavy (non-hydrogen) atoms. The molecule has 4 rings (SSSR count). The number of rotatable bonds is 5. The van der Waals surface area contributed by atoms with Gasteiger partial charge in [-0.15, -0.1) is 10.2 Å². The van der Waals surface area contributed by atoms with Gasteiger partial charge in [0.05, 0.1) is 22.3 Å².